The van der Waals surface area contributed by atoms with Crippen molar-refractivity contribution in [2.45, 2.75) is 13.3 Å². The zero-order chi connectivity index (χ0) is 14.7. The van der Waals surface area contributed by atoms with Gasteiger partial charge in [0, 0.05) is 11.8 Å². The number of rotatable bonds is 5. The number of nitrogens with one attached hydrogen (secondary N) is 1. The zero-order valence-electron chi connectivity index (χ0n) is 12.1. The summed E-state index contributed by atoms with van der Waals surface area (Å²) in [5.74, 6) is 7.25. The fraction of sp³-hybridized carbons (Fsp3) is 0.357. The summed E-state index contributed by atoms with van der Waals surface area (Å²) in [5.41, 5.74) is 5.10. The summed E-state index contributed by atoms with van der Waals surface area (Å²) in [7, 11) is 4.72. The monoisotopic (exact) mass is 277 g/mol. The Labute approximate surface area is 117 Å². The van der Waals surface area contributed by atoms with Crippen molar-refractivity contribution in [1.82, 2.24) is 4.98 Å². The Balaban J connectivity index is 2.90. The van der Waals surface area contributed by atoms with E-state index in [4.69, 9.17) is 20.1 Å². The van der Waals surface area contributed by atoms with E-state index in [2.05, 4.69) is 10.4 Å². The van der Waals surface area contributed by atoms with Crippen LogP contribution in [-0.2, 0) is 6.42 Å². The van der Waals surface area contributed by atoms with E-state index in [1.165, 1.54) is 0 Å². The van der Waals surface area contributed by atoms with Gasteiger partial charge in [-0.1, -0.05) is 6.92 Å². The maximum Gasteiger partial charge on any atom is 0.204 e. The molecular formula is C14H19N3O3. The van der Waals surface area contributed by atoms with Crippen LogP contribution >= 0.6 is 0 Å². The quantitative estimate of drug-likeness (QED) is 0.643. The van der Waals surface area contributed by atoms with E-state index in [0.29, 0.717) is 17.2 Å². The molecule has 6 nitrogen and oxygen atoms in total. The van der Waals surface area contributed by atoms with Crippen molar-refractivity contribution in [3.8, 4) is 17.2 Å². The molecule has 1 aromatic carbocycles. The Kier molecular flexibility index (Phi) is 4.14. The zero-order valence-corrected chi connectivity index (χ0v) is 12.1. The molecule has 0 saturated carbocycles. The van der Waals surface area contributed by atoms with Crippen LogP contribution in [0.1, 0.15) is 12.6 Å². The highest BCUT2D eigenvalue weighted by molar-refractivity contribution is 6.00. The van der Waals surface area contributed by atoms with Crippen LogP contribution in [0.4, 0.5) is 5.69 Å². The number of hydrazine groups is 1. The molecule has 6 heteroatoms. The van der Waals surface area contributed by atoms with Crippen LogP contribution in [0.25, 0.3) is 10.9 Å². The second-order valence-electron chi connectivity index (χ2n) is 4.20. The molecular weight excluding hydrogens is 258 g/mol. The van der Waals surface area contributed by atoms with Gasteiger partial charge in [-0.15, -0.1) is 0 Å². The lowest BCUT2D eigenvalue weighted by Gasteiger charge is -2.17. The fourth-order valence-corrected chi connectivity index (χ4v) is 2.21. The number of ether oxygens (including phenoxy) is 3. The Bertz CT molecular complexity index is 629. The van der Waals surface area contributed by atoms with Gasteiger partial charge in [-0.2, -0.15) is 0 Å². The largest absolute Gasteiger partial charge is 0.493 e. The predicted octanol–water partition coefficient (Wildman–Crippen LogP) is 2.11. The predicted molar refractivity (Wildman–Crippen MR) is 78.6 cm³/mol. The molecule has 2 rings (SSSR count). The van der Waals surface area contributed by atoms with E-state index in [1.807, 2.05) is 19.1 Å². The van der Waals surface area contributed by atoms with Crippen LogP contribution in [-0.4, -0.2) is 26.3 Å². The number of fused-ring (bicyclic) bond motifs is 1. The summed E-state index contributed by atoms with van der Waals surface area (Å²) < 4.78 is 16.2. The van der Waals surface area contributed by atoms with Gasteiger partial charge in [0.15, 0.2) is 11.5 Å². The average molecular weight is 277 g/mol. The Hall–Kier alpha value is -2.21. The molecule has 0 bridgehead atoms. The third-order valence-corrected chi connectivity index (χ3v) is 3.17. The molecule has 0 radical (unpaired) electrons. The van der Waals surface area contributed by atoms with Gasteiger partial charge in [-0.25, -0.2) is 0 Å². The molecule has 0 saturated heterocycles. The first-order valence-corrected chi connectivity index (χ1v) is 6.29. The van der Waals surface area contributed by atoms with Crippen LogP contribution in [0.15, 0.2) is 12.1 Å². The molecule has 0 aliphatic carbocycles. The second kappa shape index (κ2) is 5.83. The van der Waals surface area contributed by atoms with Crippen molar-refractivity contribution < 1.29 is 14.2 Å². The third-order valence-electron chi connectivity index (χ3n) is 3.17. The second-order valence-corrected chi connectivity index (χ2v) is 4.20. The smallest absolute Gasteiger partial charge is 0.204 e. The Morgan fingerprint density at radius 2 is 1.80 bits per heavy atom. The number of aromatic nitrogens is 1. The Morgan fingerprint density at radius 1 is 1.10 bits per heavy atom. The number of nitrogens with two attached hydrogens (primary N) is 1. The van der Waals surface area contributed by atoms with Gasteiger partial charge in [0.1, 0.15) is 0 Å². The van der Waals surface area contributed by atoms with Gasteiger partial charge in [-0.05, 0) is 12.5 Å². The summed E-state index contributed by atoms with van der Waals surface area (Å²) in [5, 5.41) is 0.768. The van der Waals surface area contributed by atoms with Crippen molar-refractivity contribution in [3.05, 3.63) is 17.8 Å². The highest BCUT2D eigenvalue weighted by Gasteiger charge is 2.19. The number of pyridine rings is 1. The molecule has 2 aromatic rings. The topological polar surface area (TPSA) is 78.6 Å². The van der Waals surface area contributed by atoms with E-state index in [1.54, 1.807) is 21.3 Å². The first-order chi connectivity index (χ1) is 9.69. The molecule has 0 amide bonds. The standard InChI is InChI=1S/C14H19N3O3/c1-5-8-6-10(17-15)12-9(16-8)7-11(18-2)13(19-3)14(12)20-4/h6-7H,5,15H2,1-4H3,(H,16,17). The first-order valence-electron chi connectivity index (χ1n) is 6.29. The summed E-state index contributed by atoms with van der Waals surface area (Å²) in [6.07, 6.45) is 0.807. The molecule has 1 aromatic heterocycles. The lowest BCUT2D eigenvalue weighted by molar-refractivity contribution is 0.327. The third kappa shape index (κ3) is 2.18. The lowest BCUT2D eigenvalue weighted by Crippen LogP contribution is -2.09. The molecule has 0 fully saturated rings. The number of hydrogen-bond acceptors (Lipinski definition) is 6. The summed E-state index contributed by atoms with van der Waals surface area (Å²) in [4.78, 5) is 4.58. The van der Waals surface area contributed by atoms with Crippen molar-refractivity contribution in [2.24, 2.45) is 5.84 Å². The molecule has 20 heavy (non-hydrogen) atoms. The molecule has 0 aliphatic heterocycles. The van der Waals surface area contributed by atoms with Gasteiger partial charge in [0.2, 0.25) is 5.75 Å². The normalized spacial score (nSPS) is 10.4. The fourth-order valence-electron chi connectivity index (χ4n) is 2.21. The average Bonchev–Trinajstić information content (AvgIpc) is 2.51. The van der Waals surface area contributed by atoms with Crippen molar-refractivity contribution in [2.75, 3.05) is 26.8 Å². The van der Waals surface area contributed by atoms with Crippen LogP contribution in [0, 0.1) is 0 Å². The first kappa shape index (κ1) is 14.2. The summed E-state index contributed by atoms with van der Waals surface area (Å²) in [6, 6.07) is 3.72. The number of nitrogen functional groups attached to an aromatic ring is 1. The van der Waals surface area contributed by atoms with E-state index in [9.17, 15) is 0 Å². The molecule has 0 aliphatic rings. The number of nitrogens with zero attached hydrogens (tertiary/aromatic N) is 1. The number of benzene rings is 1. The molecule has 1 heterocycles. The van der Waals surface area contributed by atoms with Gasteiger partial charge in [0.05, 0.1) is 37.9 Å². The molecule has 0 atom stereocenters. The van der Waals surface area contributed by atoms with Gasteiger partial charge in [-0.3, -0.25) is 10.8 Å². The molecule has 108 valence electrons. The van der Waals surface area contributed by atoms with Gasteiger partial charge in [0.25, 0.3) is 0 Å². The van der Waals surface area contributed by atoms with Crippen molar-refractivity contribution >= 4 is 16.6 Å². The van der Waals surface area contributed by atoms with Crippen LogP contribution in [0.2, 0.25) is 0 Å². The number of hydrogen-bond donors (Lipinski definition) is 2. The minimum Gasteiger partial charge on any atom is -0.493 e. The Morgan fingerprint density at radius 3 is 2.30 bits per heavy atom. The number of aryl methyl sites for hydroxylation is 1. The number of methoxy groups -OCH3 is 3. The van der Waals surface area contributed by atoms with Crippen molar-refractivity contribution in [3.63, 3.8) is 0 Å². The highest BCUT2D eigenvalue weighted by Crippen LogP contribution is 2.45. The van der Waals surface area contributed by atoms with E-state index >= 15 is 0 Å². The maximum atomic E-state index is 5.62. The highest BCUT2D eigenvalue weighted by atomic mass is 16.5. The molecule has 3 N–H and O–H groups in total. The van der Waals surface area contributed by atoms with Crippen LogP contribution in [0.5, 0.6) is 17.2 Å². The summed E-state index contributed by atoms with van der Waals surface area (Å²) >= 11 is 0. The maximum absolute atomic E-state index is 5.62. The van der Waals surface area contributed by atoms with Crippen LogP contribution < -0.4 is 25.5 Å². The van der Waals surface area contributed by atoms with Crippen molar-refractivity contribution in [1.29, 1.82) is 0 Å². The van der Waals surface area contributed by atoms with E-state index < -0.39 is 0 Å². The van der Waals surface area contributed by atoms with E-state index in [0.717, 1.165) is 28.7 Å². The molecule has 0 unspecified atom stereocenters. The number of anilines is 1. The summed E-state index contributed by atoms with van der Waals surface area (Å²) in [6.45, 7) is 2.03. The SMILES string of the molecule is CCc1cc(NN)c2c(OC)c(OC)c(OC)cc2n1. The van der Waals surface area contributed by atoms with Gasteiger partial charge >= 0.3 is 0 Å². The minimum atomic E-state index is 0.519. The van der Waals surface area contributed by atoms with E-state index in [-0.39, 0.29) is 0 Å². The van der Waals surface area contributed by atoms with Gasteiger partial charge < -0.3 is 19.6 Å². The van der Waals surface area contributed by atoms with Crippen LogP contribution in [0.3, 0.4) is 0 Å². The lowest BCUT2D eigenvalue weighted by atomic mass is 10.1. The molecule has 0 spiro atoms. The minimum absolute atomic E-state index is 0.519.